The van der Waals surface area contributed by atoms with Crippen LogP contribution in [0.3, 0.4) is 0 Å². The molecular formula is C12H18N2O5S2. The molecule has 0 unspecified atom stereocenters. The molecule has 0 aromatic carbocycles. The Bertz CT molecular complexity index is 758. The molecule has 0 fully saturated rings. The molecule has 1 aliphatic rings. The highest BCUT2D eigenvalue weighted by Gasteiger charge is 2.35. The highest BCUT2D eigenvalue weighted by Crippen LogP contribution is 2.30. The number of rotatable bonds is 5. The number of amides is 1. The predicted molar refractivity (Wildman–Crippen MR) is 76.0 cm³/mol. The number of nitrogens with one attached hydrogen (secondary N) is 2. The first-order valence-corrected chi connectivity index (χ1v) is 9.86. The molecule has 9 heteroatoms. The van der Waals surface area contributed by atoms with Crippen LogP contribution in [0.15, 0.2) is 16.1 Å². The van der Waals surface area contributed by atoms with Crippen molar-refractivity contribution < 1.29 is 21.6 Å². The van der Waals surface area contributed by atoms with E-state index in [2.05, 4.69) is 4.98 Å². The van der Waals surface area contributed by atoms with Crippen LogP contribution >= 0.6 is 0 Å². The van der Waals surface area contributed by atoms with Gasteiger partial charge in [-0.25, -0.2) is 13.1 Å². The second-order valence-corrected chi connectivity index (χ2v) is 8.71. The Morgan fingerprint density at radius 3 is 2.57 bits per heavy atom. The second kappa shape index (κ2) is 5.45. The Morgan fingerprint density at radius 2 is 2.00 bits per heavy atom. The molecule has 2 N–H and O–H groups in total. The van der Waals surface area contributed by atoms with Gasteiger partial charge in [0.05, 0.1) is 10.6 Å². The van der Waals surface area contributed by atoms with Gasteiger partial charge in [0.15, 0.2) is 14.9 Å². The molecule has 0 bridgehead atoms. The van der Waals surface area contributed by atoms with Crippen LogP contribution in [0.5, 0.6) is 0 Å². The molecule has 0 saturated carbocycles. The summed E-state index contributed by atoms with van der Waals surface area (Å²) in [7, 11) is -7.48. The first-order chi connectivity index (χ1) is 9.73. The molecule has 1 aromatic heterocycles. The number of sulfonamides is 1. The summed E-state index contributed by atoms with van der Waals surface area (Å²) in [5.74, 6) is -1.05. The van der Waals surface area contributed by atoms with E-state index in [1.54, 1.807) is 13.8 Å². The van der Waals surface area contributed by atoms with Crippen molar-refractivity contribution in [2.24, 2.45) is 5.92 Å². The van der Waals surface area contributed by atoms with Crippen molar-refractivity contribution in [3.63, 3.8) is 0 Å². The maximum atomic E-state index is 12.3. The van der Waals surface area contributed by atoms with Gasteiger partial charge in [0.25, 0.3) is 10.0 Å². The Balaban J connectivity index is 2.33. The van der Waals surface area contributed by atoms with Gasteiger partial charge in [0.2, 0.25) is 5.91 Å². The molecule has 0 radical (unpaired) electrons. The topological polar surface area (TPSA) is 113 Å². The zero-order valence-corrected chi connectivity index (χ0v) is 13.5. The minimum atomic E-state index is -4.08. The lowest BCUT2D eigenvalue weighted by atomic mass is 10.0. The molecule has 21 heavy (non-hydrogen) atoms. The Labute approximate surface area is 124 Å². The van der Waals surface area contributed by atoms with Gasteiger partial charge < -0.3 is 4.98 Å². The third-order valence-corrected chi connectivity index (χ3v) is 6.87. The van der Waals surface area contributed by atoms with E-state index in [4.69, 9.17) is 0 Å². The SMILES string of the molecule is CCC(CC)C(=O)NS(=O)(=O)c1[nH]cc2c1CCS2(=O)=O. The molecular weight excluding hydrogens is 316 g/mol. The molecule has 2 heterocycles. The van der Waals surface area contributed by atoms with Crippen LogP contribution in [0.25, 0.3) is 0 Å². The van der Waals surface area contributed by atoms with Crippen molar-refractivity contribution in [2.45, 2.75) is 43.0 Å². The lowest BCUT2D eigenvalue weighted by Gasteiger charge is -2.12. The zero-order chi connectivity index (χ0) is 15.8. The summed E-state index contributed by atoms with van der Waals surface area (Å²) in [6, 6.07) is 0. The monoisotopic (exact) mass is 334 g/mol. The maximum Gasteiger partial charge on any atom is 0.279 e. The van der Waals surface area contributed by atoms with Gasteiger partial charge >= 0.3 is 0 Å². The summed E-state index contributed by atoms with van der Waals surface area (Å²) in [5.41, 5.74) is 0.236. The number of aromatic amines is 1. The number of carbonyl (C=O) groups excluding carboxylic acids is 1. The van der Waals surface area contributed by atoms with E-state index >= 15 is 0 Å². The molecule has 0 spiro atoms. The number of aromatic nitrogens is 1. The number of H-pyrrole nitrogens is 1. The molecule has 1 aromatic rings. The third-order valence-electron chi connectivity index (χ3n) is 3.72. The number of hydrogen-bond donors (Lipinski definition) is 2. The Hall–Kier alpha value is -1.35. The van der Waals surface area contributed by atoms with E-state index in [9.17, 15) is 21.6 Å². The summed E-state index contributed by atoms with van der Waals surface area (Å²) in [6.07, 6.45) is 2.38. The molecule has 118 valence electrons. The first kappa shape index (κ1) is 16.0. The average Bonchev–Trinajstić information content (AvgIpc) is 2.93. The van der Waals surface area contributed by atoms with Crippen LogP contribution in [0.1, 0.15) is 32.3 Å². The quantitative estimate of drug-likeness (QED) is 0.818. The van der Waals surface area contributed by atoms with E-state index in [1.807, 2.05) is 4.72 Å². The molecule has 7 nitrogen and oxygen atoms in total. The summed E-state index contributed by atoms with van der Waals surface area (Å²) in [5, 5.41) is -0.224. The van der Waals surface area contributed by atoms with Crippen LogP contribution in [-0.4, -0.2) is 33.5 Å². The normalized spacial score (nSPS) is 16.9. The minimum Gasteiger partial charge on any atom is -0.349 e. The van der Waals surface area contributed by atoms with Crippen molar-refractivity contribution in [1.82, 2.24) is 9.71 Å². The van der Waals surface area contributed by atoms with E-state index in [1.165, 1.54) is 6.20 Å². The first-order valence-electron chi connectivity index (χ1n) is 6.72. The van der Waals surface area contributed by atoms with Gasteiger partial charge in [0.1, 0.15) is 0 Å². The van der Waals surface area contributed by atoms with Crippen LogP contribution in [0.2, 0.25) is 0 Å². The van der Waals surface area contributed by atoms with Crippen LogP contribution < -0.4 is 4.72 Å². The third kappa shape index (κ3) is 2.84. The summed E-state index contributed by atoms with van der Waals surface area (Å²) >= 11 is 0. The van der Waals surface area contributed by atoms with Gasteiger partial charge in [-0.1, -0.05) is 13.8 Å². The van der Waals surface area contributed by atoms with E-state index in [0.29, 0.717) is 12.8 Å². The Morgan fingerprint density at radius 1 is 1.38 bits per heavy atom. The van der Waals surface area contributed by atoms with Crippen LogP contribution in [0.4, 0.5) is 0 Å². The number of fused-ring (bicyclic) bond motifs is 1. The van der Waals surface area contributed by atoms with Crippen LogP contribution in [-0.2, 0) is 31.1 Å². The highest BCUT2D eigenvalue weighted by molar-refractivity contribution is 7.92. The van der Waals surface area contributed by atoms with Crippen molar-refractivity contribution >= 4 is 25.8 Å². The Kier molecular flexibility index (Phi) is 4.16. The summed E-state index contributed by atoms with van der Waals surface area (Å²) < 4.78 is 50.0. The lowest BCUT2D eigenvalue weighted by Crippen LogP contribution is -2.35. The van der Waals surface area contributed by atoms with E-state index < -0.39 is 25.8 Å². The zero-order valence-electron chi connectivity index (χ0n) is 11.8. The van der Waals surface area contributed by atoms with Crippen molar-refractivity contribution in [1.29, 1.82) is 0 Å². The highest BCUT2D eigenvalue weighted by atomic mass is 32.2. The van der Waals surface area contributed by atoms with Crippen molar-refractivity contribution in [2.75, 3.05) is 5.75 Å². The van der Waals surface area contributed by atoms with Gasteiger partial charge in [-0.05, 0) is 19.3 Å². The summed E-state index contributed by atoms with van der Waals surface area (Å²) in [6.45, 7) is 3.61. The molecule has 1 aliphatic heterocycles. The van der Waals surface area contributed by atoms with Gasteiger partial charge in [-0.3, -0.25) is 4.79 Å². The number of hydrogen-bond acceptors (Lipinski definition) is 5. The molecule has 0 atom stereocenters. The molecule has 1 amide bonds. The maximum absolute atomic E-state index is 12.3. The smallest absolute Gasteiger partial charge is 0.279 e. The predicted octanol–water partition coefficient (Wildman–Crippen LogP) is 0.586. The van der Waals surface area contributed by atoms with Gasteiger partial charge in [-0.2, -0.15) is 8.42 Å². The fourth-order valence-electron chi connectivity index (χ4n) is 2.44. The number of carbonyl (C=O) groups is 1. The fraction of sp³-hybridized carbons (Fsp3) is 0.583. The standard InChI is InChI=1S/C12H18N2O5S2/c1-3-8(4-2)11(15)14-21(18,19)12-9-5-6-20(16,17)10(9)7-13-12/h7-8,13H,3-6H2,1-2H3,(H,14,15). The number of sulfone groups is 1. The molecule has 0 aliphatic carbocycles. The van der Waals surface area contributed by atoms with Crippen LogP contribution in [0, 0.1) is 5.92 Å². The van der Waals surface area contributed by atoms with E-state index in [0.717, 1.165) is 0 Å². The second-order valence-electron chi connectivity index (χ2n) is 5.01. The van der Waals surface area contributed by atoms with Crippen molar-refractivity contribution in [3.8, 4) is 0 Å². The largest absolute Gasteiger partial charge is 0.349 e. The van der Waals surface area contributed by atoms with Crippen molar-refractivity contribution in [3.05, 3.63) is 11.8 Å². The van der Waals surface area contributed by atoms with Gasteiger partial charge in [0, 0.05) is 17.7 Å². The van der Waals surface area contributed by atoms with E-state index in [-0.39, 0.29) is 33.6 Å². The minimum absolute atomic E-state index is 0.0119. The average molecular weight is 334 g/mol. The fourth-order valence-corrected chi connectivity index (χ4v) is 5.30. The molecule has 0 saturated heterocycles. The lowest BCUT2D eigenvalue weighted by molar-refractivity contribution is -0.123. The summed E-state index contributed by atoms with van der Waals surface area (Å²) in [4.78, 5) is 14.4. The molecule has 2 rings (SSSR count). The van der Waals surface area contributed by atoms with Gasteiger partial charge in [-0.15, -0.1) is 0 Å².